The van der Waals surface area contributed by atoms with E-state index in [1.54, 1.807) is 25.1 Å². The van der Waals surface area contributed by atoms with Crippen LogP contribution >= 0.6 is 22.9 Å². The Kier molecular flexibility index (Phi) is 5.12. The smallest absolute Gasteiger partial charge is 0.261 e. The van der Waals surface area contributed by atoms with Gasteiger partial charge in [-0.3, -0.25) is 9.52 Å². The van der Waals surface area contributed by atoms with Gasteiger partial charge in [0.25, 0.3) is 10.0 Å². The van der Waals surface area contributed by atoms with E-state index in [0.29, 0.717) is 27.5 Å². The van der Waals surface area contributed by atoms with Crippen molar-refractivity contribution in [3.05, 3.63) is 47.2 Å². The lowest BCUT2D eigenvalue weighted by molar-refractivity contribution is -0.115. The fraction of sp³-hybridized carbons (Fsp3) is 0.125. The maximum Gasteiger partial charge on any atom is 0.261 e. The van der Waals surface area contributed by atoms with Crippen molar-refractivity contribution in [1.82, 2.24) is 4.98 Å². The van der Waals surface area contributed by atoms with Gasteiger partial charge >= 0.3 is 0 Å². The van der Waals surface area contributed by atoms with E-state index in [-0.39, 0.29) is 15.8 Å². The largest absolute Gasteiger partial charge is 0.302 e. The molecule has 1 amide bonds. The Morgan fingerprint density at radius 2 is 2.04 bits per heavy atom. The van der Waals surface area contributed by atoms with Gasteiger partial charge in [0.15, 0.2) is 5.13 Å². The first-order chi connectivity index (χ1) is 12.3. The molecule has 0 aliphatic carbocycles. The van der Waals surface area contributed by atoms with Crippen LogP contribution in [0.1, 0.15) is 13.3 Å². The molecule has 3 aromatic rings. The maximum absolute atomic E-state index is 13.2. The molecule has 0 unspecified atom stereocenters. The fourth-order valence-corrected chi connectivity index (χ4v) is 4.35. The average Bonchev–Trinajstić information content (AvgIpc) is 2.98. The van der Waals surface area contributed by atoms with Crippen LogP contribution in [0, 0.1) is 5.82 Å². The van der Waals surface area contributed by atoms with E-state index in [9.17, 15) is 17.6 Å². The number of fused-ring (bicyclic) bond motifs is 1. The third-order valence-corrected chi connectivity index (χ3v) is 6.01. The average molecular weight is 414 g/mol. The highest BCUT2D eigenvalue weighted by molar-refractivity contribution is 7.92. The van der Waals surface area contributed by atoms with Gasteiger partial charge in [0.05, 0.1) is 25.8 Å². The molecule has 0 fully saturated rings. The van der Waals surface area contributed by atoms with Gasteiger partial charge in [0, 0.05) is 6.42 Å². The molecule has 2 N–H and O–H groups in total. The number of sulfonamides is 1. The van der Waals surface area contributed by atoms with Gasteiger partial charge in [-0.15, -0.1) is 0 Å². The van der Waals surface area contributed by atoms with Crippen molar-refractivity contribution in [2.45, 2.75) is 18.2 Å². The number of carbonyl (C=O) groups excluding carboxylic acids is 1. The molecular weight excluding hydrogens is 401 g/mol. The number of halogens is 2. The number of nitrogens with one attached hydrogen (secondary N) is 2. The van der Waals surface area contributed by atoms with E-state index in [4.69, 9.17) is 11.6 Å². The van der Waals surface area contributed by atoms with Crippen LogP contribution in [0.2, 0.25) is 5.02 Å². The summed E-state index contributed by atoms with van der Waals surface area (Å²) in [5.41, 5.74) is 0.948. The summed E-state index contributed by atoms with van der Waals surface area (Å²) in [6.07, 6.45) is 0.335. The number of rotatable bonds is 5. The Bertz CT molecular complexity index is 1100. The number of anilines is 2. The van der Waals surface area contributed by atoms with Gasteiger partial charge in [-0.25, -0.2) is 17.8 Å². The highest BCUT2D eigenvalue weighted by Crippen LogP contribution is 2.29. The molecule has 0 aliphatic rings. The fourth-order valence-electron chi connectivity index (χ4n) is 2.11. The molecule has 0 saturated heterocycles. The minimum absolute atomic E-state index is 0.149. The number of nitrogens with zero attached hydrogens (tertiary/aromatic N) is 1. The molecule has 0 radical (unpaired) electrons. The quantitative estimate of drug-likeness (QED) is 0.654. The Labute approximate surface area is 158 Å². The summed E-state index contributed by atoms with van der Waals surface area (Å²) in [6, 6.07) is 7.97. The molecule has 0 spiro atoms. The predicted molar refractivity (Wildman–Crippen MR) is 101 cm³/mol. The number of aromatic nitrogens is 1. The van der Waals surface area contributed by atoms with Gasteiger partial charge in [0.1, 0.15) is 5.82 Å². The minimum Gasteiger partial charge on any atom is -0.302 e. The number of hydrogen-bond acceptors (Lipinski definition) is 5. The highest BCUT2D eigenvalue weighted by Gasteiger charge is 2.17. The Hall–Kier alpha value is -2.23. The van der Waals surface area contributed by atoms with Gasteiger partial charge in [-0.1, -0.05) is 29.9 Å². The van der Waals surface area contributed by atoms with E-state index in [1.807, 2.05) is 0 Å². The summed E-state index contributed by atoms with van der Waals surface area (Å²) < 4.78 is 41.2. The summed E-state index contributed by atoms with van der Waals surface area (Å²) in [5, 5.41) is 2.83. The van der Waals surface area contributed by atoms with Crippen LogP contribution in [0.25, 0.3) is 10.2 Å². The molecule has 3 rings (SSSR count). The standard InChI is InChI=1S/C16H13ClFN3O3S2/c1-2-15(22)20-16-19-13-6-3-9(7-14(13)25-16)21-26(23,24)10-4-5-12(18)11(17)8-10/h3-8,21H,2H2,1H3,(H,19,20,22). The number of benzene rings is 2. The zero-order chi connectivity index (χ0) is 18.9. The summed E-state index contributed by atoms with van der Waals surface area (Å²) in [5.74, 6) is -0.850. The van der Waals surface area contributed by atoms with Crippen LogP contribution in [0.15, 0.2) is 41.3 Å². The lowest BCUT2D eigenvalue weighted by atomic mass is 10.3. The molecule has 0 aliphatic heterocycles. The first-order valence-corrected chi connectivity index (χ1v) is 10.1. The maximum atomic E-state index is 13.2. The summed E-state index contributed by atoms with van der Waals surface area (Å²) in [4.78, 5) is 15.6. The third-order valence-electron chi connectivity index (χ3n) is 3.41. The number of carbonyl (C=O) groups is 1. The second kappa shape index (κ2) is 7.18. The van der Waals surface area contributed by atoms with Crippen LogP contribution in [-0.2, 0) is 14.8 Å². The van der Waals surface area contributed by atoms with Crippen molar-refractivity contribution in [2.24, 2.45) is 0 Å². The lowest BCUT2D eigenvalue weighted by Crippen LogP contribution is -2.13. The number of amides is 1. The summed E-state index contributed by atoms with van der Waals surface area (Å²) in [6.45, 7) is 1.73. The van der Waals surface area contributed by atoms with Crippen LogP contribution in [0.5, 0.6) is 0 Å². The van der Waals surface area contributed by atoms with Crippen molar-refractivity contribution in [1.29, 1.82) is 0 Å². The van der Waals surface area contributed by atoms with Crippen molar-refractivity contribution in [3.63, 3.8) is 0 Å². The van der Waals surface area contributed by atoms with Crippen LogP contribution in [-0.4, -0.2) is 19.3 Å². The van der Waals surface area contributed by atoms with E-state index in [0.717, 1.165) is 18.2 Å². The van der Waals surface area contributed by atoms with E-state index < -0.39 is 15.8 Å². The lowest BCUT2D eigenvalue weighted by Gasteiger charge is -2.08. The molecule has 6 nitrogen and oxygen atoms in total. The molecule has 0 atom stereocenters. The normalized spacial score (nSPS) is 11.5. The topological polar surface area (TPSA) is 88.2 Å². The van der Waals surface area contributed by atoms with E-state index in [1.165, 1.54) is 11.3 Å². The Morgan fingerprint density at radius 1 is 1.27 bits per heavy atom. The molecule has 2 aromatic carbocycles. The number of thiazole rings is 1. The molecular formula is C16H13ClFN3O3S2. The summed E-state index contributed by atoms with van der Waals surface area (Å²) >= 11 is 6.88. The van der Waals surface area contributed by atoms with Gasteiger partial charge in [-0.05, 0) is 36.4 Å². The van der Waals surface area contributed by atoms with E-state index in [2.05, 4.69) is 15.0 Å². The van der Waals surface area contributed by atoms with Crippen molar-refractivity contribution < 1.29 is 17.6 Å². The monoisotopic (exact) mass is 413 g/mol. The first-order valence-electron chi connectivity index (χ1n) is 7.47. The second-order valence-corrected chi connectivity index (χ2v) is 8.40. The van der Waals surface area contributed by atoms with Crippen LogP contribution in [0.3, 0.4) is 0 Å². The highest BCUT2D eigenvalue weighted by atomic mass is 35.5. The van der Waals surface area contributed by atoms with Gasteiger partial charge in [0.2, 0.25) is 5.91 Å². The Morgan fingerprint density at radius 3 is 2.73 bits per heavy atom. The van der Waals surface area contributed by atoms with Gasteiger partial charge < -0.3 is 5.32 Å². The second-order valence-electron chi connectivity index (χ2n) is 5.28. The summed E-state index contributed by atoms with van der Waals surface area (Å²) in [7, 11) is -3.92. The predicted octanol–water partition coefficient (Wildman–Crippen LogP) is 4.24. The van der Waals surface area contributed by atoms with E-state index >= 15 is 0 Å². The first kappa shape index (κ1) is 18.6. The van der Waals surface area contributed by atoms with Gasteiger partial charge in [-0.2, -0.15) is 0 Å². The molecule has 26 heavy (non-hydrogen) atoms. The molecule has 10 heteroatoms. The molecule has 136 valence electrons. The third kappa shape index (κ3) is 3.95. The van der Waals surface area contributed by atoms with Crippen molar-refractivity contribution >= 4 is 59.9 Å². The number of hydrogen-bond donors (Lipinski definition) is 2. The molecule has 0 bridgehead atoms. The molecule has 1 aromatic heterocycles. The zero-order valence-electron chi connectivity index (χ0n) is 13.4. The molecule has 1 heterocycles. The SMILES string of the molecule is CCC(=O)Nc1nc2ccc(NS(=O)(=O)c3ccc(F)c(Cl)c3)cc2s1. The van der Waals surface area contributed by atoms with Crippen molar-refractivity contribution in [3.8, 4) is 0 Å². The van der Waals surface area contributed by atoms with Crippen molar-refractivity contribution in [2.75, 3.05) is 10.0 Å². The molecule has 0 saturated carbocycles. The van der Waals surface area contributed by atoms with Crippen LogP contribution < -0.4 is 10.0 Å². The Balaban J connectivity index is 1.88. The van der Waals surface area contributed by atoms with Crippen LogP contribution in [0.4, 0.5) is 15.2 Å². The minimum atomic E-state index is -3.92. The zero-order valence-corrected chi connectivity index (χ0v) is 15.8.